The molecule has 7 nitrogen and oxygen atoms in total. The molecule has 2 heterocycles. The number of fused-ring (bicyclic) bond motifs is 1. The summed E-state index contributed by atoms with van der Waals surface area (Å²) in [7, 11) is 0.0340. The van der Waals surface area contributed by atoms with Crippen LogP contribution in [0.2, 0.25) is 0 Å². The first-order chi connectivity index (χ1) is 10.7. The Balaban J connectivity index is 2.13. The minimum Gasteiger partial charge on any atom is -0.465 e. The predicted molar refractivity (Wildman–Crippen MR) is 91.4 cm³/mol. The maximum atomic E-state index is 11.5. The van der Waals surface area contributed by atoms with Gasteiger partial charge in [-0.1, -0.05) is 0 Å². The molecule has 1 aliphatic heterocycles. The lowest BCUT2D eigenvalue weighted by molar-refractivity contribution is -0.143. The van der Waals surface area contributed by atoms with Gasteiger partial charge < -0.3 is 9.04 Å². The number of carbonyl (C=O) groups is 1. The number of likely N-dealkylation sites (N-methyl/N-ethyl adjacent to an activating group) is 2. The molecule has 23 heavy (non-hydrogen) atoms. The molecule has 2 N–H and O–H groups in total. The van der Waals surface area contributed by atoms with E-state index in [2.05, 4.69) is 0 Å². The Morgan fingerprint density at radius 3 is 2.78 bits per heavy atom. The second-order valence-electron chi connectivity index (χ2n) is 5.05. The number of rotatable bonds is 6. The molecule has 0 aromatic carbocycles. The molecule has 1 aromatic heterocycles. The predicted octanol–water partition coefficient (Wildman–Crippen LogP) is 1.18. The molecule has 0 unspecified atom stereocenters. The Kier molecular flexibility index (Phi) is 5.74. The van der Waals surface area contributed by atoms with Crippen molar-refractivity contribution in [1.82, 2.24) is 9.21 Å². The van der Waals surface area contributed by atoms with Gasteiger partial charge in [0.2, 0.25) is 10.0 Å². The summed E-state index contributed by atoms with van der Waals surface area (Å²) in [6.07, 6.45) is 1.92. The highest BCUT2D eigenvalue weighted by Gasteiger charge is 2.23. The lowest BCUT2D eigenvalue weighted by atomic mass is 10.2. The van der Waals surface area contributed by atoms with Crippen molar-refractivity contribution in [3.05, 3.63) is 17.3 Å². The van der Waals surface area contributed by atoms with Crippen molar-refractivity contribution in [1.29, 1.82) is 0 Å². The maximum absolute atomic E-state index is 11.5. The van der Waals surface area contributed by atoms with Crippen molar-refractivity contribution in [2.45, 2.75) is 15.3 Å². The highest BCUT2D eigenvalue weighted by Crippen LogP contribution is 2.41. The number of sulfonamides is 1. The van der Waals surface area contributed by atoms with Crippen LogP contribution in [0.1, 0.15) is 12.5 Å². The molecule has 128 valence electrons. The summed E-state index contributed by atoms with van der Waals surface area (Å²) >= 11 is 2.61. The third kappa shape index (κ3) is 4.70. The van der Waals surface area contributed by atoms with Crippen molar-refractivity contribution in [3.63, 3.8) is 0 Å². The number of primary sulfonamides is 1. The fourth-order valence-electron chi connectivity index (χ4n) is 2.04. The van der Waals surface area contributed by atoms with Gasteiger partial charge in [-0.2, -0.15) is 0 Å². The van der Waals surface area contributed by atoms with E-state index >= 15 is 0 Å². The molecular formula is C13H19N3O4S3. The third-order valence-corrected chi connectivity index (χ3v) is 6.81. The smallest absolute Gasteiger partial charge is 0.320 e. The largest absolute Gasteiger partial charge is 0.465 e. The third-order valence-electron chi connectivity index (χ3n) is 3.07. The Morgan fingerprint density at radius 2 is 2.17 bits per heavy atom. The Morgan fingerprint density at radius 1 is 1.48 bits per heavy atom. The summed E-state index contributed by atoms with van der Waals surface area (Å²) in [5.74, 6) is -0.269. The van der Waals surface area contributed by atoms with Crippen molar-refractivity contribution in [2.75, 3.05) is 33.8 Å². The highest BCUT2D eigenvalue weighted by molar-refractivity contribution is 7.99. The maximum Gasteiger partial charge on any atom is 0.320 e. The first kappa shape index (κ1) is 18.3. The molecule has 0 fully saturated rings. The van der Waals surface area contributed by atoms with Crippen LogP contribution in [-0.2, 0) is 19.6 Å². The molecule has 0 aliphatic carbocycles. The number of ether oxygens (including phenoxy) is 1. The zero-order chi connectivity index (χ0) is 17.2. The van der Waals surface area contributed by atoms with Gasteiger partial charge in [0.25, 0.3) is 0 Å². The van der Waals surface area contributed by atoms with Crippen LogP contribution in [0.4, 0.5) is 0 Å². The lowest BCUT2D eigenvalue weighted by Crippen LogP contribution is -2.32. The van der Waals surface area contributed by atoms with Crippen molar-refractivity contribution >= 4 is 45.4 Å². The van der Waals surface area contributed by atoms with Gasteiger partial charge in [0.05, 0.1) is 17.4 Å². The van der Waals surface area contributed by atoms with Gasteiger partial charge in [-0.25, -0.2) is 13.6 Å². The van der Waals surface area contributed by atoms with E-state index in [-0.39, 0.29) is 16.7 Å². The van der Waals surface area contributed by atoms with E-state index < -0.39 is 10.0 Å². The quantitative estimate of drug-likeness (QED) is 0.588. The number of nitrogens with two attached hydrogens (primary N) is 1. The van der Waals surface area contributed by atoms with Gasteiger partial charge in [-0.05, 0) is 38.1 Å². The van der Waals surface area contributed by atoms with E-state index in [1.54, 1.807) is 13.0 Å². The highest BCUT2D eigenvalue weighted by atomic mass is 32.3. The lowest BCUT2D eigenvalue weighted by Gasteiger charge is -2.27. The monoisotopic (exact) mass is 377 g/mol. The van der Waals surface area contributed by atoms with Crippen LogP contribution in [0.25, 0.3) is 6.08 Å². The second kappa shape index (κ2) is 7.22. The summed E-state index contributed by atoms with van der Waals surface area (Å²) in [5.41, 5.74) is 1.80. The average molecular weight is 378 g/mol. The molecule has 0 bridgehead atoms. The molecule has 1 aliphatic rings. The number of hydrogen-bond acceptors (Lipinski definition) is 8. The molecular weight excluding hydrogens is 358 g/mol. The van der Waals surface area contributed by atoms with Crippen LogP contribution >= 0.6 is 23.3 Å². The van der Waals surface area contributed by atoms with E-state index in [1.807, 2.05) is 29.4 Å². The summed E-state index contributed by atoms with van der Waals surface area (Å²) in [4.78, 5) is 13.4. The van der Waals surface area contributed by atoms with Gasteiger partial charge in [-0.3, -0.25) is 9.69 Å². The number of hydrogen-bond donors (Lipinski definition) is 1. The standard InChI is InChI=1S/C13H19N3O4S3/c1-4-20-11(17)8-15(2)7-10-5-9-6-12(23(14,18)19)21-13(9)22-16(10)3/h5-6H,4,7-8H2,1-3H3,(H2,14,18,19). The molecule has 1 aromatic rings. The van der Waals surface area contributed by atoms with Crippen LogP contribution in [0.5, 0.6) is 0 Å². The van der Waals surface area contributed by atoms with E-state index in [1.165, 1.54) is 11.9 Å². The van der Waals surface area contributed by atoms with Gasteiger partial charge in [0, 0.05) is 24.9 Å². The summed E-state index contributed by atoms with van der Waals surface area (Å²) in [6, 6.07) is 1.58. The van der Waals surface area contributed by atoms with E-state index in [0.29, 0.717) is 13.2 Å². The molecule has 0 amide bonds. The van der Waals surface area contributed by atoms with Gasteiger partial charge >= 0.3 is 5.97 Å². The van der Waals surface area contributed by atoms with E-state index in [0.717, 1.165) is 26.8 Å². The van der Waals surface area contributed by atoms with Crippen molar-refractivity contribution in [2.24, 2.45) is 5.14 Å². The first-order valence-electron chi connectivity index (χ1n) is 6.83. The molecule has 0 atom stereocenters. The van der Waals surface area contributed by atoms with Crippen LogP contribution in [0.3, 0.4) is 0 Å². The Hall–Kier alpha value is -1.07. The van der Waals surface area contributed by atoms with Gasteiger partial charge in [0.15, 0.2) is 0 Å². The van der Waals surface area contributed by atoms with E-state index in [9.17, 15) is 13.2 Å². The van der Waals surface area contributed by atoms with Gasteiger partial charge in [0.1, 0.15) is 4.21 Å². The summed E-state index contributed by atoms with van der Waals surface area (Å²) < 4.78 is 30.8. The van der Waals surface area contributed by atoms with Crippen LogP contribution in [0.15, 0.2) is 20.2 Å². The van der Waals surface area contributed by atoms with Crippen LogP contribution in [0, 0.1) is 0 Å². The summed E-state index contributed by atoms with van der Waals surface area (Å²) in [5, 5.41) is 5.18. The van der Waals surface area contributed by atoms with Gasteiger partial charge in [-0.15, -0.1) is 11.3 Å². The second-order valence-corrected chi connectivity index (χ2v) is 9.29. The molecule has 0 saturated carbocycles. The zero-order valence-electron chi connectivity index (χ0n) is 13.1. The minimum absolute atomic E-state index is 0.153. The molecule has 2 rings (SSSR count). The minimum atomic E-state index is -3.69. The zero-order valence-corrected chi connectivity index (χ0v) is 15.6. The molecule has 0 spiro atoms. The van der Waals surface area contributed by atoms with Crippen molar-refractivity contribution in [3.8, 4) is 0 Å². The Labute approximate surface area is 144 Å². The fourth-order valence-corrected chi connectivity index (χ4v) is 5.26. The van der Waals surface area contributed by atoms with Crippen LogP contribution < -0.4 is 5.14 Å². The topological polar surface area (TPSA) is 92.9 Å². The average Bonchev–Trinajstić information content (AvgIpc) is 2.82. The number of esters is 1. The normalized spacial score (nSPS) is 14.7. The van der Waals surface area contributed by atoms with E-state index in [4.69, 9.17) is 9.88 Å². The fraction of sp³-hybridized carbons (Fsp3) is 0.462. The number of carbonyl (C=O) groups excluding carboxylic acids is 1. The van der Waals surface area contributed by atoms with Crippen LogP contribution in [-0.4, -0.2) is 57.4 Å². The summed E-state index contributed by atoms with van der Waals surface area (Å²) in [6.45, 7) is 2.87. The molecule has 10 heteroatoms. The molecule has 0 radical (unpaired) electrons. The molecule has 0 saturated heterocycles. The number of thiophene rings is 1. The van der Waals surface area contributed by atoms with Crippen molar-refractivity contribution < 1.29 is 17.9 Å². The number of nitrogens with zero attached hydrogens (tertiary/aromatic N) is 2. The SMILES string of the molecule is CCOC(=O)CN(C)CC1=Cc2cc(S(N)(=O)=O)sc2SN1C. The first-order valence-corrected chi connectivity index (χ1v) is 9.97. The Bertz CT molecular complexity index is 727.